The molecular formula is C23H30ClN3O2S. The molecule has 162 valence electrons. The van der Waals surface area contributed by atoms with E-state index in [4.69, 9.17) is 11.6 Å². The number of nitrogens with zero attached hydrogens (tertiary/aromatic N) is 3. The highest BCUT2D eigenvalue weighted by atomic mass is 35.5. The van der Waals surface area contributed by atoms with Crippen LogP contribution in [0, 0.1) is 0 Å². The van der Waals surface area contributed by atoms with Crippen LogP contribution >= 0.6 is 11.6 Å². The number of hydrogen-bond donors (Lipinski definition) is 0. The van der Waals surface area contributed by atoms with E-state index in [1.165, 1.54) is 16.7 Å². The first-order valence-electron chi connectivity index (χ1n) is 10.7. The van der Waals surface area contributed by atoms with E-state index in [2.05, 4.69) is 41.9 Å². The van der Waals surface area contributed by atoms with Crippen molar-refractivity contribution in [2.24, 2.45) is 0 Å². The summed E-state index contributed by atoms with van der Waals surface area (Å²) in [5, 5.41) is 0.764. The molecule has 0 unspecified atom stereocenters. The first kappa shape index (κ1) is 21.6. The van der Waals surface area contributed by atoms with Gasteiger partial charge < -0.3 is 4.90 Å². The number of pyridine rings is 1. The second-order valence-electron chi connectivity index (χ2n) is 8.91. The van der Waals surface area contributed by atoms with Crippen molar-refractivity contribution in [2.75, 3.05) is 23.7 Å². The third kappa shape index (κ3) is 3.97. The highest BCUT2D eigenvalue weighted by molar-refractivity contribution is 7.89. The molecule has 0 saturated carbocycles. The molecule has 2 aliphatic heterocycles. The lowest BCUT2D eigenvalue weighted by Crippen LogP contribution is -2.39. The smallest absolute Gasteiger partial charge is 0.214 e. The fourth-order valence-corrected chi connectivity index (χ4v) is 6.57. The van der Waals surface area contributed by atoms with Gasteiger partial charge in [0.2, 0.25) is 10.0 Å². The van der Waals surface area contributed by atoms with Gasteiger partial charge in [0.15, 0.2) is 0 Å². The van der Waals surface area contributed by atoms with E-state index in [0.29, 0.717) is 25.4 Å². The molecule has 0 aliphatic carbocycles. The van der Waals surface area contributed by atoms with Crippen LogP contribution in [0.2, 0.25) is 5.02 Å². The summed E-state index contributed by atoms with van der Waals surface area (Å²) in [6.45, 7) is 8.37. The first-order chi connectivity index (χ1) is 14.2. The van der Waals surface area contributed by atoms with Crippen LogP contribution in [0.3, 0.4) is 0 Å². The highest BCUT2D eigenvalue weighted by Crippen LogP contribution is 2.43. The van der Waals surface area contributed by atoms with Gasteiger partial charge in [-0.25, -0.2) is 12.7 Å². The molecule has 0 atom stereocenters. The Labute approximate surface area is 185 Å². The third-order valence-corrected chi connectivity index (χ3v) is 8.88. The van der Waals surface area contributed by atoms with Gasteiger partial charge in [0, 0.05) is 30.9 Å². The summed E-state index contributed by atoms with van der Waals surface area (Å²) in [5.74, 6) is 0.580. The normalized spacial score (nSPS) is 19.8. The van der Waals surface area contributed by atoms with Crippen molar-refractivity contribution in [1.29, 1.82) is 0 Å². The van der Waals surface area contributed by atoms with Crippen LogP contribution in [0.4, 0.5) is 5.69 Å². The van der Waals surface area contributed by atoms with Crippen LogP contribution in [0.15, 0.2) is 36.7 Å². The van der Waals surface area contributed by atoms with Gasteiger partial charge in [-0.3, -0.25) is 4.98 Å². The predicted molar refractivity (Wildman–Crippen MR) is 123 cm³/mol. The standard InChI is InChI=1S/C23H30ClN3O2S/c1-4-11-30(28,29)26-9-7-17(8-10-26)19-12-21(15-25-14-19)27-16-18-5-6-20(24)13-22(18)23(27,2)3/h5-6,12-15,17H,4,7-11,16H2,1-3H3. The number of aromatic nitrogens is 1. The van der Waals surface area contributed by atoms with Crippen molar-refractivity contribution in [3.63, 3.8) is 0 Å². The number of hydrogen-bond acceptors (Lipinski definition) is 4. The summed E-state index contributed by atoms with van der Waals surface area (Å²) in [6, 6.07) is 8.38. The van der Waals surface area contributed by atoms with Crippen molar-refractivity contribution in [3.8, 4) is 0 Å². The molecule has 0 spiro atoms. The second-order valence-corrected chi connectivity index (χ2v) is 11.4. The molecule has 5 nitrogen and oxygen atoms in total. The summed E-state index contributed by atoms with van der Waals surface area (Å²) in [6.07, 6.45) is 6.21. The number of anilines is 1. The molecule has 0 radical (unpaired) electrons. The summed E-state index contributed by atoms with van der Waals surface area (Å²) in [7, 11) is -3.11. The van der Waals surface area contributed by atoms with Gasteiger partial charge in [-0.2, -0.15) is 0 Å². The monoisotopic (exact) mass is 447 g/mol. The van der Waals surface area contributed by atoms with E-state index in [1.54, 1.807) is 4.31 Å². The molecule has 0 bridgehead atoms. The number of sulfonamides is 1. The molecule has 0 N–H and O–H groups in total. The summed E-state index contributed by atoms with van der Waals surface area (Å²) >= 11 is 6.26. The van der Waals surface area contributed by atoms with E-state index in [1.807, 2.05) is 25.4 Å². The molecular weight excluding hydrogens is 418 g/mol. The number of piperidine rings is 1. The zero-order chi connectivity index (χ0) is 21.5. The van der Waals surface area contributed by atoms with Crippen LogP contribution in [-0.4, -0.2) is 36.5 Å². The summed E-state index contributed by atoms with van der Waals surface area (Å²) < 4.78 is 26.4. The average molecular weight is 448 g/mol. The Morgan fingerprint density at radius 1 is 1.17 bits per heavy atom. The van der Waals surface area contributed by atoms with Gasteiger partial charge in [-0.05, 0) is 73.9 Å². The molecule has 3 heterocycles. The van der Waals surface area contributed by atoms with Crippen LogP contribution in [0.25, 0.3) is 0 Å². The van der Waals surface area contributed by atoms with Gasteiger partial charge in [0.05, 0.1) is 23.2 Å². The lowest BCUT2D eigenvalue weighted by Gasteiger charge is -2.35. The Morgan fingerprint density at radius 3 is 2.60 bits per heavy atom. The quantitative estimate of drug-likeness (QED) is 0.653. The minimum Gasteiger partial charge on any atom is -0.357 e. The summed E-state index contributed by atoms with van der Waals surface area (Å²) in [4.78, 5) is 6.93. The zero-order valence-corrected chi connectivity index (χ0v) is 19.5. The van der Waals surface area contributed by atoms with Gasteiger partial charge in [0.1, 0.15) is 0 Å². The Hall–Kier alpha value is -1.63. The number of halogens is 1. The van der Waals surface area contributed by atoms with Crippen LogP contribution in [0.1, 0.15) is 62.6 Å². The lowest BCUT2D eigenvalue weighted by molar-refractivity contribution is 0.319. The minimum atomic E-state index is -3.11. The molecule has 1 saturated heterocycles. The molecule has 7 heteroatoms. The van der Waals surface area contributed by atoms with Gasteiger partial charge >= 0.3 is 0 Å². The average Bonchev–Trinajstić information content (AvgIpc) is 2.98. The Morgan fingerprint density at radius 2 is 1.90 bits per heavy atom. The fraction of sp³-hybridized carbons (Fsp3) is 0.522. The van der Waals surface area contributed by atoms with Gasteiger partial charge in [0.25, 0.3) is 0 Å². The van der Waals surface area contributed by atoms with Gasteiger partial charge in [-0.1, -0.05) is 24.6 Å². The number of fused-ring (bicyclic) bond motifs is 1. The second kappa shape index (κ2) is 8.13. The largest absolute Gasteiger partial charge is 0.357 e. The Kier molecular flexibility index (Phi) is 5.86. The van der Waals surface area contributed by atoms with Crippen LogP contribution < -0.4 is 4.90 Å². The van der Waals surface area contributed by atoms with Crippen molar-refractivity contribution >= 4 is 27.3 Å². The zero-order valence-electron chi connectivity index (χ0n) is 17.9. The molecule has 0 amide bonds. The Balaban J connectivity index is 1.52. The fourth-order valence-electron chi connectivity index (χ4n) is 4.85. The van der Waals surface area contributed by atoms with E-state index >= 15 is 0 Å². The molecule has 1 aromatic carbocycles. The van der Waals surface area contributed by atoms with Crippen molar-refractivity contribution < 1.29 is 8.42 Å². The molecule has 1 fully saturated rings. The predicted octanol–water partition coefficient (Wildman–Crippen LogP) is 4.91. The molecule has 4 rings (SSSR count). The van der Waals surface area contributed by atoms with Crippen molar-refractivity contribution in [2.45, 2.75) is 58.0 Å². The maximum Gasteiger partial charge on any atom is 0.214 e. The third-order valence-electron chi connectivity index (χ3n) is 6.57. The van der Waals surface area contributed by atoms with Crippen LogP contribution in [-0.2, 0) is 22.1 Å². The molecule has 1 aromatic heterocycles. The van der Waals surface area contributed by atoms with Crippen molar-refractivity contribution in [1.82, 2.24) is 9.29 Å². The number of rotatable bonds is 5. The Bertz CT molecular complexity index is 1030. The number of benzene rings is 1. The van der Waals surface area contributed by atoms with E-state index in [0.717, 1.165) is 30.1 Å². The molecule has 2 aromatic rings. The molecule has 2 aliphatic rings. The maximum absolute atomic E-state index is 12.4. The molecule has 30 heavy (non-hydrogen) atoms. The lowest BCUT2D eigenvalue weighted by atomic mass is 9.90. The maximum atomic E-state index is 12.4. The summed E-state index contributed by atoms with van der Waals surface area (Å²) in [5.41, 5.74) is 4.69. The van der Waals surface area contributed by atoms with E-state index in [-0.39, 0.29) is 11.3 Å². The highest BCUT2D eigenvalue weighted by Gasteiger charge is 2.38. The topological polar surface area (TPSA) is 53.5 Å². The van der Waals surface area contributed by atoms with Crippen LogP contribution in [0.5, 0.6) is 0 Å². The van der Waals surface area contributed by atoms with E-state index in [9.17, 15) is 8.42 Å². The van der Waals surface area contributed by atoms with Crippen molar-refractivity contribution in [3.05, 3.63) is 58.4 Å². The SMILES string of the molecule is CCCS(=O)(=O)N1CCC(c2cncc(N3Cc4ccc(Cl)cc4C3(C)C)c2)CC1. The minimum absolute atomic E-state index is 0.169. The van der Waals surface area contributed by atoms with Gasteiger partial charge in [-0.15, -0.1) is 0 Å². The first-order valence-corrected chi connectivity index (χ1v) is 12.7. The van der Waals surface area contributed by atoms with E-state index < -0.39 is 10.0 Å².